The summed E-state index contributed by atoms with van der Waals surface area (Å²) in [5.74, 6) is 0.677. The summed E-state index contributed by atoms with van der Waals surface area (Å²) in [5.41, 5.74) is 10.9. The highest BCUT2D eigenvalue weighted by atomic mass is 32.1. The molecule has 0 aliphatic heterocycles. The second kappa shape index (κ2) is 8.94. The highest BCUT2D eigenvalue weighted by molar-refractivity contribution is 7.80. The van der Waals surface area contributed by atoms with Crippen LogP contribution in [0.3, 0.4) is 0 Å². The van der Waals surface area contributed by atoms with Gasteiger partial charge in [-0.25, -0.2) is 0 Å². The standard InChI is InChI=1S/C23H22N4O2S/c24-23(30)26-25-13-16-9-11-18(12-10-16)29-15-17(28)14-27-21-7-3-1-5-19(21)20-6-2-4-8-22(20)27/h1-13,17,28H,14-15H2,(H3,24,26,30)/b25-13-/t17-/m1/s1. The molecule has 0 aliphatic rings. The molecule has 0 unspecified atom stereocenters. The maximum absolute atomic E-state index is 10.6. The van der Waals surface area contributed by atoms with Gasteiger partial charge in [-0.2, -0.15) is 5.10 Å². The Labute approximate surface area is 179 Å². The van der Waals surface area contributed by atoms with E-state index in [1.165, 1.54) is 10.8 Å². The molecule has 4 aromatic rings. The van der Waals surface area contributed by atoms with Gasteiger partial charge >= 0.3 is 0 Å². The SMILES string of the molecule is NC(=S)N/N=C\c1ccc(OC[C@H](O)Cn2c3ccccc3c3ccccc32)cc1. The van der Waals surface area contributed by atoms with Gasteiger partial charge in [0.15, 0.2) is 5.11 Å². The lowest BCUT2D eigenvalue weighted by Gasteiger charge is -2.15. The van der Waals surface area contributed by atoms with E-state index < -0.39 is 6.10 Å². The van der Waals surface area contributed by atoms with Crippen molar-refractivity contribution in [1.29, 1.82) is 0 Å². The van der Waals surface area contributed by atoms with Crippen molar-refractivity contribution in [3.63, 3.8) is 0 Å². The lowest BCUT2D eigenvalue weighted by Crippen LogP contribution is -2.24. The molecule has 0 amide bonds. The molecular formula is C23H22N4O2S. The molecule has 152 valence electrons. The fourth-order valence-corrected chi connectivity index (χ4v) is 3.53. The van der Waals surface area contributed by atoms with E-state index in [4.69, 9.17) is 22.7 Å². The minimum atomic E-state index is -0.653. The van der Waals surface area contributed by atoms with Gasteiger partial charge in [-0.3, -0.25) is 5.43 Å². The van der Waals surface area contributed by atoms with Crippen LogP contribution >= 0.6 is 12.2 Å². The third kappa shape index (κ3) is 4.42. The van der Waals surface area contributed by atoms with Crippen molar-refractivity contribution in [2.45, 2.75) is 12.6 Å². The first kappa shape index (κ1) is 19.9. The predicted octanol–water partition coefficient (Wildman–Crippen LogP) is 3.40. The highest BCUT2D eigenvalue weighted by Crippen LogP contribution is 2.28. The Morgan fingerprint density at radius 1 is 1.03 bits per heavy atom. The number of aliphatic hydroxyl groups is 1. The minimum Gasteiger partial charge on any atom is -0.491 e. The number of aromatic nitrogens is 1. The molecule has 1 aromatic heterocycles. The number of aliphatic hydroxyl groups excluding tert-OH is 1. The average molecular weight is 419 g/mol. The number of fused-ring (bicyclic) bond motifs is 3. The number of nitrogens with one attached hydrogen (secondary N) is 1. The summed E-state index contributed by atoms with van der Waals surface area (Å²) >= 11 is 4.69. The molecule has 1 heterocycles. The van der Waals surface area contributed by atoms with Crippen LogP contribution in [-0.2, 0) is 6.54 Å². The molecule has 1 atom stereocenters. The number of hydrogen-bond donors (Lipinski definition) is 3. The van der Waals surface area contributed by atoms with Gasteiger partial charge in [-0.05, 0) is 54.2 Å². The van der Waals surface area contributed by atoms with Crippen molar-refractivity contribution in [3.8, 4) is 5.75 Å². The summed E-state index contributed by atoms with van der Waals surface area (Å²) in [5, 5.41) is 17.0. The van der Waals surface area contributed by atoms with E-state index >= 15 is 0 Å². The van der Waals surface area contributed by atoms with Crippen LogP contribution in [0.25, 0.3) is 21.8 Å². The van der Waals surface area contributed by atoms with Crippen LogP contribution in [0.15, 0.2) is 77.9 Å². The van der Waals surface area contributed by atoms with Crippen molar-refractivity contribution in [2.24, 2.45) is 10.8 Å². The smallest absolute Gasteiger partial charge is 0.184 e. The number of hydrazone groups is 1. The van der Waals surface area contributed by atoms with Gasteiger partial charge < -0.3 is 20.1 Å². The molecule has 0 bridgehead atoms. The molecule has 4 rings (SSSR count). The first-order chi connectivity index (χ1) is 14.6. The lowest BCUT2D eigenvalue weighted by atomic mass is 10.2. The number of benzene rings is 3. The van der Waals surface area contributed by atoms with Crippen LogP contribution in [0.2, 0.25) is 0 Å². The minimum absolute atomic E-state index is 0.114. The van der Waals surface area contributed by atoms with Crippen LogP contribution in [0.4, 0.5) is 0 Å². The molecule has 0 saturated heterocycles. The molecule has 0 aliphatic carbocycles. The maximum Gasteiger partial charge on any atom is 0.184 e. The van der Waals surface area contributed by atoms with Crippen LogP contribution < -0.4 is 15.9 Å². The number of hydrogen-bond acceptors (Lipinski definition) is 4. The number of nitrogens with two attached hydrogens (primary N) is 1. The monoisotopic (exact) mass is 418 g/mol. The maximum atomic E-state index is 10.6. The van der Waals surface area contributed by atoms with Crippen molar-refractivity contribution < 1.29 is 9.84 Å². The Kier molecular flexibility index (Phi) is 5.92. The van der Waals surface area contributed by atoms with Crippen molar-refractivity contribution in [1.82, 2.24) is 9.99 Å². The molecular weight excluding hydrogens is 396 g/mol. The summed E-state index contributed by atoms with van der Waals surface area (Å²) in [6.45, 7) is 0.640. The highest BCUT2D eigenvalue weighted by Gasteiger charge is 2.13. The summed E-state index contributed by atoms with van der Waals surface area (Å²) in [4.78, 5) is 0. The van der Waals surface area contributed by atoms with Crippen molar-refractivity contribution >= 4 is 45.4 Å². The third-order valence-electron chi connectivity index (χ3n) is 4.78. The number of para-hydroxylation sites is 2. The zero-order valence-corrected chi connectivity index (χ0v) is 17.0. The summed E-state index contributed by atoms with van der Waals surface area (Å²) < 4.78 is 7.92. The number of nitrogens with zero attached hydrogens (tertiary/aromatic N) is 2. The zero-order chi connectivity index (χ0) is 20.9. The first-order valence-corrected chi connectivity index (χ1v) is 9.98. The molecule has 0 saturated carbocycles. The second-order valence-electron chi connectivity index (χ2n) is 6.91. The Morgan fingerprint density at radius 3 is 2.23 bits per heavy atom. The Morgan fingerprint density at radius 2 is 1.63 bits per heavy atom. The normalized spacial score (nSPS) is 12.4. The second-order valence-corrected chi connectivity index (χ2v) is 7.35. The summed E-state index contributed by atoms with van der Waals surface area (Å²) in [7, 11) is 0. The van der Waals surface area contributed by atoms with Gasteiger partial charge in [0.2, 0.25) is 0 Å². The van der Waals surface area contributed by atoms with E-state index in [1.54, 1.807) is 6.21 Å². The first-order valence-electron chi connectivity index (χ1n) is 9.57. The molecule has 6 nitrogen and oxygen atoms in total. The Bertz CT molecular complexity index is 1150. The van der Waals surface area contributed by atoms with E-state index in [2.05, 4.69) is 39.4 Å². The average Bonchev–Trinajstić information content (AvgIpc) is 3.07. The third-order valence-corrected chi connectivity index (χ3v) is 4.88. The molecule has 3 aromatic carbocycles. The van der Waals surface area contributed by atoms with Gasteiger partial charge in [0, 0.05) is 21.8 Å². The number of rotatable bonds is 7. The Hall–Kier alpha value is -3.42. The topological polar surface area (TPSA) is 84.8 Å². The van der Waals surface area contributed by atoms with E-state index in [-0.39, 0.29) is 11.7 Å². The van der Waals surface area contributed by atoms with Gasteiger partial charge in [0.25, 0.3) is 0 Å². The molecule has 4 N–H and O–H groups in total. The van der Waals surface area contributed by atoms with Crippen LogP contribution in [0.1, 0.15) is 5.56 Å². The molecule has 0 radical (unpaired) electrons. The van der Waals surface area contributed by atoms with E-state index in [9.17, 15) is 5.11 Å². The zero-order valence-electron chi connectivity index (χ0n) is 16.2. The molecule has 0 fully saturated rings. The van der Waals surface area contributed by atoms with Crippen LogP contribution in [-0.4, -0.2) is 33.7 Å². The van der Waals surface area contributed by atoms with E-state index in [1.807, 2.05) is 48.5 Å². The van der Waals surface area contributed by atoms with Crippen LogP contribution in [0, 0.1) is 0 Å². The quantitative estimate of drug-likeness (QED) is 0.243. The number of thiocarbonyl (C=S) groups is 1. The Balaban J connectivity index is 1.42. The fraction of sp³-hybridized carbons (Fsp3) is 0.130. The predicted molar refractivity (Wildman–Crippen MR) is 125 cm³/mol. The number of ether oxygens (including phenoxy) is 1. The summed E-state index contributed by atoms with van der Waals surface area (Å²) in [6.07, 6.45) is 0.959. The molecule has 30 heavy (non-hydrogen) atoms. The molecule has 0 spiro atoms. The lowest BCUT2D eigenvalue weighted by molar-refractivity contribution is 0.0945. The fourth-order valence-electron chi connectivity index (χ4n) is 3.48. The van der Waals surface area contributed by atoms with E-state index in [0.29, 0.717) is 12.3 Å². The van der Waals surface area contributed by atoms with Gasteiger partial charge in [0.1, 0.15) is 18.5 Å². The molecule has 7 heteroatoms. The largest absolute Gasteiger partial charge is 0.491 e. The van der Waals surface area contributed by atoms with Gasteiger partial charge in [-0.15, -0.1) is 0 Å². The van der Waals surface area contributed by atoms with Gasteiger partial charge in [-0.1, -0.05) is 36.4 Å². The van der Waals surface area contributed by atoms with E-state index in [0.717, 1.165) is 16.6 Å². The van der Waals surface area contributed by atoms with Crippen molar-refractivity contribution in [3.05, 3.63) is 78.4 Å². The summed E-state index contributed by atoms with van der Waals surface area (Å²) in [6, 6.07) is 23.9. The van der Waals surface area contributed by atoms with Crippen molar-refractivity contribution in [2.75, 3.05) is 6.61 Å². The van der Waals surface area contributed by atoms with Crippen LogP contribution in [0.5, 0.6) is 5.75 Å². The van der Waals surface area contributed by atoms with Gasteiger partial charge in [0.05, 0.1) is 12.8 Å².